The number of rotatable bonds is 8. The van der Waals surface area contributed by atoms with Crippen LogP contribution in [-0.4, -0.2) is 0 Å². The van der Waals surface area contributed by atoms with Crippen LogP contribution in [0.25, 0.3) is 36.8 Å². The van der Waals surface area contributed by atoms with Gasteiger partial charge in [0.05, 0.1) is 0 Å². The summed E-state index contributed by atoms with van der Waals surface area (Å²) in [5, 5.41) is 8.56. The van der Waals surface area contributed by atoms with Crippen LogP contribution in [0.3, 0.4) is 0 Å². The molecular formula is C28H30BrI. The molecular weight excluding hydrogens is 543 g/mol. The van der Waals surface area contributed by atoms with Crippen molar-refractivity contribution >= 4 is 75.3 Å². The van der Waals surface area contributed by atoms with Gasteiger partial charge in [-0.05, 0) is 126 Å². The summed E-state index contributed by atoms with van der Waals surface area (Å²) in [6.07, 6.45) is 8.30. The predicted octanol–water partition coefficient (Wildman–Crippen LogP) is 10.2. The second-order valence-electron chi connectivity index (χ2n) is 8.33. The molecule has 0 nitrogen and oxygen atoms in total. The summed E-state index contributed by atoms with van der Waals surface area (Å²) >= 11 is 6.46. The largest absolute Gasteiger partial charge is 0.0654 e. The lowest BCUT2D eigenvalue weighted by Gasteiger charge is -2.19. The van der Waals surface area contributed by atoms with Crippen LogP contribution in [0.4, 0.5) is 0 Å². The molecule has 0 radical (unpaired) electrons. The number of halogens is 2. The molecule has 0 saturated heterocycles. The van der Waals surface area contributed by atoms with E-state index in [0.717, 1.165) is 19.3 Å². The molecule has 0 amide bonds. The summed E-state index contributed by atoms with van der Waals surface area (Å²) < 4.78 is 2.64. The average molecular weight is 573 g/mol. The van der Waals surface area contributed by atoms with Gasteiger partial charge < -0.3 is 0 Å². The lowest BCUT2D eigenvalue weighted by atomic mass is 9.86. The molecule has 0 N–H and O–H groups in total. The Hall–Kier alpha value is -1.13. The standard InChI is InChI=1S/C28H30BrI/c1-4-7-9-18-11-12-19-13-14-22-20(10-8-5-2)17-24(28(29)25(30)6-3)23-16-15-21(18)26(19)27(22)23/h11-17H,4-10H2,1-3H3/b28-25-. The Morgan fingerprint density at radius 2 is 1.37 bits per heavy atom. The molecule has 0 bridgehead atoms. The van der Waals surface area contributed by atoms with E-state index in [9.17, 15) is 0 Å². The topological polar surface area (TPSA) is 0 Å². The van der Waals surface area contributed by atoms with E-state index in [4.69, 9.17) is 0 Å². The second-order valence-corrected chi connectivity index (χ2v) is 10.4. The van der Waals surface area contributed by atoms with Crippen LogP contribution in [-0.2, 0) is 12.8 Å². The third kappa shape index (κ3) is 3.90. The van der Waals surface area contributed by atoms with Gasteiger partial charge in [-0.2, -0.15) is 0 Å². The molecule has 0 unspecified atom stereocenters. The number of allylic oxidation sites excluding steroid dienone is 1. The molecule has 0 heterocycles. The average Bonchev–Trinajstić information content (AvgIpc) is 2.79. The van der Waals surface area contributed by atoms with Gasteiger partial charge in [-0.25, -0.2) is 0 Å². The van der Waals surface area contributed by atoms with Crippen molar-refractivity contribution in [2.45, 2.75) is 65.7 Å². The Balaban J connectivity index is 2.12. The van der Waals surface area contributed by atoms with Crippen molar-refractivity contribution in [3.63, 3.8) is 0 Å². The highest BCUT2D eigenvalue weighted by Crippen LogP contribution is 2.43. The van der Waals surface area contributed by atoms with Gasteiger partial charge in [0.25, 0.3) is 0 Å². The van der Waals surface area contributed by atoms with Gasteiger partial charge in [-0.3, -0.25) is 0 Å². The number of hydrogen-bond acceptors (Lipinski definition) is 0. The van der Waals surface area contributed by atoms with E-state index >= 15 is 0 Å². The second kappa shape index (κ2) is 9.56. The summed E-state index contributed by atoms with van der Waals surface area (Å²) in [6.45, 7) is 6.80. The van der Waals surface area contributed by atoms with Crippen molar-refractivity contribution in [3.05, 3.63) is 62.7 Å². The molecule has 0 aliphatic rings. The highest BCUT2D eigenvalue weighted by Gasteiger charge is 2.17. The van der Waals surface area contributed by atoms with Crippen LogP contribution < -0.4 is 0 Å². The van der Waals surface area contributed by atoms with Gasteiger partial charge in [-0.15, -0.1) is 0 Å². The molecule has 0 aliphatic heterocycles. The number of benzene rings is 4. The van der Waals surface area contributed by atoms with Crippen molar-refractivity contribution in [2.24, 2.45) is 0 Å². The number of hydrogen-bond donors (Lipinski definition) is 0. The first-order chi connectivity index (χ1) is 14.6. The maximum absolute atomic E-state index is 3.96. The molecule has 0 aliphatic carbocycles. The van der Waals surface area contributed by atoms with Gasteiger partial charge in [0.1, 0.15) is 0 Å². The molecule has 4 aromatic carbocycles. The Morgan fingerprint density at radius 1 is 0.767 bits per heavy atom. The summed E-state index contributed by atoms with van der Waals surface area (Å²) in [7, 11) is 0. The molecule has 0 atom stereocenters. The number of aryl methyl sites for hydroxylation is 2. The lowest BCUT2D eigenvalue weighted by Crippen LogP contribution is -1.96. The molecule has 4 rings (SSSR count). The van der Waals surface area contributed by atoms with Crippen LogP contribution >= 0.6 is 38.5 Å². The SMILES string of the molecule is CCCCc1ccc2ccc3c(CCCC)cc(/C(Br)=C(/I)CC)c4ccc1c2c34. The maximum Gasteiger partial charge on any atom is 0.0346 e. The monoisotopic (exact) mass is 572 g/mol. The quantitative estimate of drug-likeness (QED) is 0.145. The van der Waals surface area contributed by atoms with Crippen LogP contribution in [0, 0.1) is 0 Å². The molecule has 4 aromatic rings. The summed E-state index contributed by atoms with van der Waals surface area (Å²) in [6, 6.07) is 16.6. The zero-order valence-corrected chi connectivity index (χ0v) is 22.0. The first-order valence-electron chi connectivity index (χ1n) is 11.4. The van der Waals surface area contributed by atoms with Crippen molar-refractivity contribution in [3.8, 4) is 0 Å². The predicted molar refractivity (Wildman–Crippen MR) is 148 cm³/mol. The maximum atomic E-state index is 3.96. The van der Waals surface area contributed by atoms with Crippen molar-refractivity contribution in [1.82, 2.24) is 0 Å². The van der Waals surface area contributed by atoms with E-state index in [2.05, 4.69) is 102 Å². The zero-order valence-electron chi connectivity index (χ0n) is 18.2. The smallest absolute Gasteiger partial charge is 0.0346 e. The van der Waals surface area contributed by atoms with Crippen molar-refractivity contribution in [1.29, 1.82) is 0 Å². The first kappa shape index (κ1) is 22.1. The van der Waals surface area contributed by atoms with Crippen LogP contribution in [0.5, 0.6) is 0 Å². The fourth-order valence-corrected chi connectivity index (χ4v) is 5.57. The van der Waals surface area contributed by atoms with E-state index in [1.807, 2.05) is 0 Å². The lowest BCUT2D eigenvalue weighted by molar-refractivity contribution is 0.799. The number of unbranched alkanes of at least 4 members (excludes halogenated alkanes) is 2. The van der Waals surface area contributed by atoms with E-state index < -0.39 is 0 Å². The normalized spacial score (nSPS) is 13.0. The fourth-order valence-electron chi connectivity index (χ4n) is 4.67. The van der Waals surface area contributed by atoms with Gasteiger partial charge in [-0.1, -0.05) is 70.0 Å². The molecule has 0 aromatic heterocycles. The van der Waals surface area contributed by atoms with Crippen molar-refractivity contribution in [2.75, 3.05) is 0 Å². The Morgan fingerprint density at radius 3 is 2.07 bits per heavy atom. The van der Waals surface area contributed by atoms with E-state index in [-0.39, 0.29) is 0 Å². The van der Waals surface area contributed by atoms with E-state index in [1.54, 1.807) is 0 Å². The van der Waals surface area contributed by atoms with E-state index in [1.165, 1.54) is 82.8 Å². The van der Waals surface area contributed by atoms with Crippen molar-refractivity contribution < 1.29 is 0 Å². The van der Waals surface area contributed by atoms with Crippen LogP contribution in [0.15, 0.2) is 46.0 Å². The zero-order chi connectivity index (χ0) is 21.3. The molecule has 2 heteroatoms. The minimum atomic E-state index is 1.05. The summed E-state index contributed by atoms with van der Waals surface area (Å²) in [5.41, 5.74) is 4.34. The highest BCUT2D eigenvalue weighted by molar-refractivity contribution is 14.1. The minimum absolute atomic E-state index is 1.05. The Bertz CT molecular complexity index is 1220. The fraction of sp³-hybridized carbons (Fsp3) is 0.357. The van der Waals surface area contributed by atoms with Gasteiger partial charge >= 0.3 is 0 Å². The molecule has 156 valence electrons. The molecule has 30 heavy (non-hydrogen) atoms. The summed E-state index contributed by atoms with van der Waals surface area (Å²) in [4.78, 5) is 0. The van der Waals surface area contributed by atoms with Gasteiger partial charge in [0, 0.05) is 8.06 Å². The molecule has 0 fully saturated rings. The molecule has 0 spiro atoms. The minimum Gasteiger partial charge on any atom is -0.0654 e. The Labute approximate surface area is 202 Å². The molecule has 0 saturated carbocycles. The van der Waals surface area contributed by atoms with Crippen LogP contribution in [0.2, 0.25) is 0 Å². The van der Waals surface area contributed by atoms with Crippen LogP contribution in [0.1, 0.15) is 69.6 Å². The third-order valence-corrected chi connectivity index (χ3v) is 9.29. The first-order valence-corrected chi connectivity index (χ1v) is 13.2. The highest BCUT2D eigenvalue weighted by atomic mass is 127. The summed E-state index contributed by atoms with van der Waals surface area (Å²) in [5.74, 6) is 0. The third-order valence-electron chi connectivity index (χ3n) is 6.34. The van der Waals surface area contributed by atoms with Gasteiger partial charge in [0.2, 0.25) is 0 Å². The van der Waals surface area contributed by atoms with E-state index in [0.29, 0.717) is 0 Å². The Kier molecular flexibility index (Phi) is 7.04. The van der Waals surface area contributed by atoms with Gasteiger partial charge in [0.15, 0.2) is 0 Å².